The Bertz CT molecular complexity index is 1050. The van der Waals surface area contributed by atoms with E-state index in [0.717, 1.165) is 18.7 Å². The lowest BCUT2D eigenvalue weighted by atomic mass is 10.1. The third kappa shape index (κ3) is 6.10. The molecule has 4 rings (SSSR count). The molecule has 1 saturated heterocycles. The van der Waals surface area contributed by atoms with Crippen molar-refractivity contribution in [3.05, 3.63) is 65.0 Å². The van der Waals surface area contributed by atoms with Gasteiger partial charge in [-0.1, -0.05) is 28.9 Å². The average Bonchev–Trinajstić information content (AvgIpc) is 3.31. The van der Waals surface area contributed by atoms with Gasteiger partial charge >= 0.3 is 0 Å². The lowest BCUT2D eigenvalue weighted by Gasteiger charge is -2.34. The molecule has 0 N–H and O–H groups in total. The van der Waals surface area contributed by atoms with Crippen LogP contribution in [0.5, 0.6) is 5.75 Å². The van der Waals surface area contributed by atoms with Gasteiger partial charge in [-0.15, -0.1) is 0 Å². The summed E-state index contributed by atoms with van der Waals surface area (Å²) >= 11 is 5.94. The SMILES string of the molecule is CCOCCOc1ccccc1C(=O)N1CCN(Cc2nc(-c3ccc(Cl)cc3)no2)CC1. The summed E-state index contributed by atoms with van der Waals surface area (Å²) in [5.41, 5.74) is 1.43. The summed E-state index contributed by atoms with van der Waals surface area (Å²) in [6.45, 7) is 6.69. The van der Waals surface area contributed by atoms with Crippen LogP contribution in [0.2, 0.25) is 5.02 Å². The van der Waals surface area contributed by atoms with E-state index in [4.69, 9.17) is 25.6 Å². The molecule has 2 heterocycles. The van der Waals surface area contributed by atoms with Crippen molar-refractivity contribution in [2.45, 2.75) is 13.5 Å². The number of halogens is 1. The number of hydrogen-bond acceptors (Lipinski definition) is 7. The van der Waals surface area contributed by atoms with Crippen LogP contribution >= 0.6 is 11.6 Å². The number of para-hydroxylation sites is 1. The van der Waals surface area contributed by atoms with Gasteiger partial charge in [0.25, 0.3) is 5.91 Å². The van der Waals surface area contributed by atoms with E-state index in [1.165, 1.54) is 0 Å². The predicted molar refractivity (Wildman–Crippen MR) is 124 cm³/mol. The number of piperazine rings is 1. The molecule has 0 spiro atoms. The number of ether oxygens (including phenoxy) is 2. The standard InChI is InChI=1S/C24H27ClN4O4/c1-2-31-15-16-32-21-6-4-3-5-20(21)24(30)29-13-11-28(12-14-29)17-22-26-23(27-33-22)18-7-9-19(25)10-8-18/h3-10H,2,11-17H2,1H3. The number of aromatic nitrogens is 2. The molecule has 0 aliphatic carbocycles. The highest BCUT2D eigenvalue weighted by atomic mass is 35.5. The number of hydrogen-bond donors (Lipinski definition) is 0. The van der Waals surface area contributed by atoms with E-state index in [-0.39, 0.29) is 5.91 Å². The molecule has 9 heteroatoms. The van der Waals surface area contributed by atoms with Crippen molar-refractivity contribution in [2.24, 2.45) is 0 Å². The van der Waals surface area contributed by atoms with E-state index in [1.807, 2.05) is 42.2 Å². The number of carbonyl (C=O) groups excluding carboxylic acids is 1. The molecule has 174 valence electrons. The first-order valence-corrected chi connectivity index (χ1v) is 11.4. The molecule has 1 aromatic heterocycles. The molecule has 0 radical (unpaired) electrons. The maximum Gasteiger partial charge on any atom is 0.257 e. The summed E-state index contributed by atoms with van der Waals surface area (Å²) in [6, 6.07) is 14.7. The monoisotopic (exact) mass is 470 g/mol. The topological polar surface area (TPSA) is 80.9 Å². The molecule has 3 aromatic rings. The fourth-order valence-electron chi connectivity index (χ4n) is 3.63. The van der Waals surface area contributed by atoms with Crippen molar-refractivity contribution in [1.82, 2.24) is 19.9 Å². The van der Waals surface area contributed by atoms with E-state index >= 15 is 0 Å². The van der Waals surface area contributed by atoms with Crippen LogP contribution in [-0.2, 0) is 11.3 Å². The van der Waals surface area contributed by atoms with E-state index in [1.54, 1.807) is 18.2 Å². The van der Waals surface area contributed by atoms with Gasteiger partial charge in [-0.05, 0) is 43.3 Å². The number of rotatable bonds is 9. The second-order valence-electron chi connectivity index (χ2n) is 7.63. The number of carbonyl (C=O) groups is 1. The molecule has 1 amide bonds. The molecule has 0 bridgehead atoms. The molecule has 0 saturated carbocycles. The Kier molecular flexibility index (Phi) is 7.93. The van der Waals surface area contributed by atoms with E-state index < -0.39 is 0 Å². The van der Waals surface area contributed by atoms with Crippen LogP contribution in [0.15, 0.2) is 53.1 Å². The van der Waals surface area contributed by atoms with Crippen molar-refractivity contribution < 1.29 is 18.8 Å². The smallest absolute Gasteiger partial charge is 0.257 e. The predicted octanol–water partition coefficient (Wildman–Crippen LogP) is 3.76. The third-order valence-corrected chi connectivity index (χ3v) is 5.65. The second-order valence-corrected chi connectivity index (χ2v) is 8.06. The summed E-state index contributed by atoms with van der Waals surface area (Å²) < 4.78 is 16.5. The summed E-state index contributed by atoms with van der Waals surface area (Å²) in [5, 5.41) is 4.73. The molecule has 0 atom stereocenters. The summed E-state index contributed by atoms with van der Waals surface area (Å²) in [7, 11) is 0. The van der Waals surface area contributed by atoms with Crippen LogP contribution < -0.4 is 4.74 Å². The minimum atomic E-state index is -0.0236. The van der Waals surface area contributed by atoms with E-state index in [2.05, 4.69) is 15.0 Å². The van der Waals surface area contributed by atoms with Gasteiger partial charge in [0.15, 0.2) is 0 Å². The van der Waals surface area contributed by atoms with Crippen LogP contribution in [0.3, 0.4) is 0 Å². The Morgan fingerprint density at radius 1 is 1.06 bits per heavy atom. The molecule has 8 nitrogen and oxygen atoms in total. The lowest BCUT2D eigenvalue weighted by Crippen LogP contribution is -2.48. The quantitative estimate of drug-likeness (QED) is 0.440. The highest BCUT2D eigenvalue weighted by Crippen LogP contribution is 2.22. The van der Waals surface area contributed by atoms with Gasteiger partial charge in [0.2, 0.25) is 11.7 Å². The number of amides is 1. The first-order valence-electron chi connectivity index (χ1n) is 11.0. The third-order valence-electron chi connectivity index (χ3n) is 5.40. The highest BCUT2D eigenvalue weighted by molar-refractivity contribution is 6.30. The van der Waals surface area contributed by atoms with Gasteiger partial charge in [0, 0.05) is 43.4 Å². The Morgan fingerprint density at radius 2 is 1.82 bits per heavy atom. The van der Waals surface area contributed by atoms with Crippen LogP contribution in [0, 0.1) is 0 Å². The van der Waals surface area contributed by atoms with E-state index in [0.29, 0.717) is 67.5 Å². The van der Waals surface area contributed by atoms with Crippen LogP contribution in [0.25, 0.3) is 11.4 Å². The van der Waals surface area contributed by atoms with Crippen LogP contribution in [0.4, 0.5) is 0 Å². The molecule has 0 unspecified atom stereocenters. The van der Waals surface area contributed by atoms with Gasteiger partial charge in [-0.25, -0.2) is 0 Å². The summed E-state index contributed by atoms with van der Waals surface area (Å²) in [5.74, 6) is 1.65. The maximum absolute atomic E-state index is 13.1. The fourth-order valence-corrected chi connectivity index (χ4v) is 3.76. The molecule has 2 aromatic carbocycles. The Labute approximate surface area is 198 Å². The lowest BCUT2D eigenvalue weighted by molar-refractivity contribution is 0.0607. The van der Waals surface area contributed by atoms with Crippen molar-refractivity contribution in [3.8, 4) is 17.1 Å². The summed E-state index contributed by atoms with van der Waals surface area (Å²) in [6.07, 6.45) is 0. The van der Waals surface area contributed by atoms with Gasteiger partial charge in [-0.2, -0.15) is 4.98 Å². The second kappa shape index (κ2) is 11.3. The normalized spacial score (nSPS) is 14.4. The Balaban J connectivity index is 1.30. The fraction of sp³-hybridized carbons (Fsp3) is 0.375. The van der Waals surface area contributed by atoms with Gasteiger partial charge in [0.05, 0.1) is 18.7 Å². The summed E-state index contributed by atoms with van der Waals surface area (Å²) in [4.78, 5) is 21.7. The Hall–Kier alpha value is -2.94. The molecular weight excluding hydrogens is 444 g/mol. The number of nitrogens with zero attached hydrogens (tertiary/aromatic N) is 4. The minimum Gasteiger partial charge on any atom is -0.490 e. The zero-order valence-electron chi connectivity index (χ0n) is 18.6. The first-order chi connectivity index (χ1) is 16.1. The molecule has 1 fully saturated rings. The van der Waals surface area contributed by atoms with Gasteiger partial charge < -0.3 is 18.9 Å². The molecule has 33 heavy (non-hydrogen) atoms. The first kappa shape index (κ1) is 23.2. The van der Waals surface area contributed by atoms with Crippen molar-refractivity contribution in [1.29, 1.82) is 0 Å². The van der Waals surface area contributed by atoms with Gasteiger partial charge in [0.1, 0.15) is 12.4 Å². The zero-order valence-corrected chi connectivity index (χ0v) is 19.3. The maximum atomic E-state index is 13.1. The zero-order chi connectivity index (χ0) is 23.0. The largest absolute Gasteiger partial charge is 0.490 e. The highest BCUT2D eigenvalue weighted by Gasteiger charge is 2.25. The molecule has 1 aliphatic rings. The van der Waals surface area contributed by atoms with Crippen LogP contribution in [0.1, 0.15) is 23.2 Å². The molecule has 1 aliphatic heterocycles. The minimum absolute atomic E-state index is 0.0236. The van der Waals surface area contributed by atoms with Crippen molar-refractivity contribution >= 4 is 17.5 Å². The van der Waals surface area contributed by atoms with Gasteiger partial charge in [-0.3, -0.25) is 9.69 Å². The average molecular weight is 471 g/mol. The van der Waals surface area contributed by atoms with Crippen LogP contribution in [-0.4, -0.2) is 71.8 Å². The molecular formula is C24H27ClN4O4. The van der Waals surface area contributed by atoms with E-state index in [9.17, 15) is 4.79 Å². The Morgan fingerprint density at radius 3 is 2.58 bits per heavy atom. The van der Waals surface area contributed by atoms with Crippen molar-refractivity contribution in [3.63, 3.8) is 0 Å². The van der Waals surface area contributed by atoms with Crippen molar-refractivity contribution in [2.75, 3.05) is 46.0 Å². The number of benzene rings is 2.